The third-order valence-electron chi connectivity index (χ3n) is 3.00. The predicted octanol–water partition coefficient (Wildman–Crippen LogP) is 3.45. The van der Waals surface area contributed by atoms with E-state index >= 15 is 0 Å². The fourth-order valence-corrected chi connectivity index (χ4v) is 2.18. The van der Waals surface area contributed by atoms with Gasteiger partial charge in [-0.15, -0.1) is 0 Å². The molecule has 0 heterocycles. The number of hydrazine groups is 1. The maximum atomic E-state index is 12.9. The minimum atomic E-state index is -0.284. The van der Waals surface area contributed by atoms with Crippen molar-refractivity contribution in [2.24, 2.45) is 5.84 Å². The maximum absolute atomic E-state index is 12.9. The maximum Gasteiger partial charge on any atom is 0.123 e. The summed E-state index contributed by atoms with van der Waals surface area (Å²) in [5.41, 5.74) is 3.54. The predicted molar refractivity (Wildman–Crippen MR) is 78.0 cm³/mol. The second-order valence-electron chi connectivity index (χ2n) is 4.48. The summed E-state index contributed by atoms with van der Waals surface area (Å²) < 4.78 is 18.8. The van der Waals surface area contributed by atoms with E-state index < -0.39 is 0 Å². The van der Waals surface area contributed by atoms with E-state index in [2.05, 4.69) is 5.43 Å². The summed E-state index contributed by atoms with van der Waals surface area (Å²) in [6.07, 6.45) is -0.246. The molecule has 0 aliphatic carbocycles. The van der Waals surface area contributed by atoms with Crippen molar-refractivity contribution >= 4 is 11.6 Å². The van der Waals surface area contributed by atoms with Crippen LogP contribution < -0.4 is 16.0 Å². The Morgan fingerprint density at radius 3 is 2.50 bits per heavy atom. The van der Waals surface area contributed by atoms with Crippen molar-refractivity contribution in [3.05, 3.63) is 64.9 Å². The number of ether oxygens (including phenoxy) is 1. The number of halogens is 2. The van der Waals surface area contributed by atoms with Gasteiger partial charge in [0.2, 0.25) is 0 Å². The van der Waals surface area contributed by atoms with Crippen LogP contribution in [0.3, 0.4) is 0 Å². The minimum absolute atomic E-state index is 0.246. The number of benzene rings is 2. The van der Waals surface area contributed by atoms with Crippen molar-refractivity contribution in [3.8, 4) is 5.75 Å². The average molecular weight is 295 g/mol. The van der Waals surface area contributed by atoms with Gasteiger partial charge in [-0.1, -0.05) is 29.8 Å². The summed E-state index contributed by atoms with van der Waals surface area (Å²) in [7, 11) is 0. The normalized spacial score (nSPS) is 13.8. The number of hydrogen-bond donors (Lipinski definition) is 2. The summed E-state index contributed by atoms with van der Waals surface area (Å²) in [5.74, 6) is 5.95. The van der Waals surface area contributed by atoms with Crippen LogP contribution in [0.5, 0.6) is 5.75 Å². The van der Waals surface area contributed by atoms with E-state index in [9.17, 15) is 4.39 Å². The van der Waals surface area contributed by atoms with E-state index in [1.807, 2.05) is 19.1 Å². The van der Waals surface area contributed by atoms with E-state index in [4.69, 9.17) is 22.2 Å². The van der Waals surface area contributed by atoms with Gasteiger partial charge < -0.3 is 4.74 Å². The Balaban J connectivity index is 2.13. The van der Waals surface area contributed by atoms with Gasteiger partial charge >= 0.3 is 0 Å². The summed E-state index contributed by atoms with van der Waals surface area (Å²) >= 11 is 5.91. The van der Waals surface area contributed by atoms with Crippen LogP contribution in [0.25, 0.3) is 0 Å². The molecule has 0 aliphatic rings. The Bertz CT molecular complexity index is 562. The molecule has 3 nitrogen and oxygen atoms in total. The van der Waals surface area contributed by atoms with Crippen molar-refractivity contribution in [1.29, 1.82) is 0 Å². The van der Waals surface area contributed by atoms with Crippen molar-refractivity contribution in [1.82, 2.24) is 5.43 Å². The monoisotopic (exact) mass is 294 g/mol. The van der Waals surface area contributed by atoms with Crippen molar-refractivity contribution in [3.63, 3.8) is 0 Å². The van der Waals surface area contributed by atoms with E-state index in [-0.39, 0.29) is 18.0 Å². The Hall–Kier alpha value is -1.62. The Morgan fingerprint density at radius 1 is 1.20 bits per heavy atom. The van der Waals surface area contributed by atoms with Crippen LogP contribution in [-0.4, -0.2) is 6.10 Å². The number of nitrogens with one attached hydrogen (secondary N) is 1. The quantitative estimate of drug-likeness (QED) is 0.656. The van der Waals surface area contributed by atoms with E-state index in [0.29, 0.717) is 10.8 Å². The van der Waals surface area contributed by atoms with Crippen LogP contribution >= 0.6 is 11.6 Å². The molecular weight excluding hydrogens is 279 g/mol. The Morgan fingerprint density at radius 2 is 1.90 bits per heavy atom. The molecule has 3 N–H and O–H groups in total. The molecule has 2 aromatic rings. The molecule has 0 saturated heterocycles. The molecule has 0 fully saturated rings. The van der Waals surface area contributed by atoms with Crippen molar-refractivity contribution in [2.45, 2.75) is 19.1 Å². The largest absolute Gasteiger partial charge is 0.489 e. The van der Waals surface area contributed by atoms with Crippen molar-refractivity contribution < 1.29 is 9.13 Å². The first-order chi connectivity index (χ1) is 9.60. The third-order valence-corrected chi connectivity index (χ3v) is 3.23. The lowest BCUT2D eigenvalue weighted by molar-refractivity contribution is 0.171. The first-order valence-corrected chi connectivity index (χ1v) is 6.62. The molecule has 0 bridgehead atoms. The van der Waals surface area contributed by atoms with Crippen LogP contribution in [0.1, 0.15) is 18.5 Å². The van der Waals surface area contributed by atoms with Gasteiger partial charge in [0.05, 0.1) is 6.04 Å². The SMILES string of the molecule is CC(Oc1cccc(Cl)c1)C(NN)c1ccc(F)cc1. The number of nitrogens with two attached hydrogens (primary N) is 1. The highest BCUT2D eigenvalue weighted by Gasteiger charge is 2.19. The molecule has 0 spiro atoms. The standard InChI is InChI=1S/C15H16ClFN2O/c1-10(20-14-4-2-3-12(16)9-14)15(19-18)11-5-7-13(17)8-6-11/h2-10,15,19H,18H2,1H3. The third kappa shape index (κ3) is 3.70. The van der Waals surface area contributed by atoms with Gasteiger partial charge in [0.1, 0.15) is 17.7 Å². The highest BCUT2D eigenvalue weighted by molar-refractivity contribution is 6.30. The second kappa shape index (κ2) is 6.70. The van der Waals surface area contributed by atoms with Crippen LogP contribution in [0.2, 0.25) is 5.02 Å². The van der Waals surface area contributed by atoms with Gasteiger partial charge in [0.15, 0.2) is 0 Å². The van der Waals surface area contributed by atoms with Gasteiger partial charge in [-0.3, -0.25) is 5.84 Å². The number of hydrogen-bond acceptors (Lipinski definition) is 3. The fourth-order valence-electron chi connectivity index (χ4n) is 2.00. The van der Waals surface area contributed by atoms with Gasteiger partial charge in [-0.2, -0.15) is 0 Å². The van der Waals surface area contributed by atoms with Gasteiger partial charge in [-0.25, -0.2) is 9.82 Å². The molecule has 0 aromatic heterocycles. The van der Waals surface area contributed by atoms with Gasteiger partial charge in [0.25, 0.3) is 0 Å². The molecule has 5 heteroatoms. The van der Waals surface area contributed by atoms with Gasteiger partial charge in [-0.05, 0) is 42.8 Å². The molecule has 0 amide bonds. The van der Waals surface area contributed by atoms with Crippen LogP contribution in [0, 0.1) is 5.82 Å². The minimum Gasteiger partial charge on any atom is -0.489 e. The second-order valence-corrected chi connectivity index (χ2v) is 4.91. The van der Waals surface area contributed by atoms with Gasteiger partial charge in [0, 0.05) is 5.02 Å². The summed E-state index contributed by atoms with van der Waals surface area (Å²) in [4.78, 5) is 0. The number of rotatable bonds is 5. The molecular formula is C15H16ClFN2O. The lowest BCUT2D eigenvalue weighted by Crippen LogP contribution is -2.38. The molecule has 2 aromatic carbocycles. The van der Waals surface area contributed by atoms with Crippen LogP contribution in [0.4, 0.5) is 4.39 Å². The van der Waals surface area contributed by atoms with E-state index in [0.717, 1.165) is 5.56 Å². The molecule has 0 radical (unpaired) electrons. The lowest BCUT2D eigenvalue weighted by atomic mass is 10.0. The van der Waals surface area contributed by atoms with E-state index in [1.54, 1.807) is 24.3 Å². The molecule has 0 saturated carbocycles. The Labute approximate surface area is 122 Å². The first kappa shape index (κ1) is 14.8. The van der Waals surface area contributed by atoms with Crippen molar-refractivity contribution in [2.75, 3.05) is 0 Å². The Kier molecular flexibility index (Phi) is 4.95. The zero-order valence-corrected chi connectivity index (χ0v) is 11.8. The molecule has 106 valence electrons. The molecule has 2 rings (SSSR count). The fraction of sp³-hybridized carbons (Fsp3) is 0.200. The zero-order chi connectivity index (χ0) is 14.5. The average Bonchev–Trinajstić information content (AvgIpc) is 2.42. The topological polar surface area (TPSA) is 47.3 Å². The highest BCUT2D eigenvalue weighted by Crippen LogP contribution is 2.23. The highest BCUT2D eigenvalue weighted by atomic mass is 35.5. The lowest BCUT2D eigenvalue weighted by Gasteiger charge is -2.24. The van der Waals surface area contributed by atoms with Crippen LogP contribution in [-0.2, 0) is 0 Å². The molecule has 2 unspecified atom stereocenters. The first-order valence-electron chi connectivity index (χ1n) is 6.24. The molecule has 0 aliphatic heterocycles. The summed E-state index contributed by atoms with van der Waals surface area (Å²) in [5, 5.41) is 0.605. The van der Waals surface area contributed by atoms with Crippen LogP contribution in [0.15, 0.2) is 48.5 Å². The molecule has 2 atom stereocenters. The smallest absolute Gasteiger partial charge is 0.123 e. The molecule has 20 heavy (non-hydrogen) atoms. The van der Waals surface area contributed by atoms with E-state index in [1.165, 1.54) is 12.1 Å². The zero-order valence-electron chi connectivity index (χ0n) is 11.0. The summed E-state index contributed by atoms with van der Waals surface area (Å²) in [6.45, 7) is 1.88. The summed E-state index contributed by atoms with van der Waals surface area (Å²) in [6, 6.07) is 13.0.